The zero-order chi connectivity index (χ0) is 15.5. The fraction of sp³-hybridized carbons (Fsp3) is 0.412. The van der Waals surface area contributed by atoms with E-state index in [-0.39, 0.29) is 11.0 Å². The molecule has 1 aromatic carbocycles. The third-order valence-corrected chi connectivity index (χ3v) is 3.08. The summed E-state index contributed by atoms with van der Waals surface area (Å²) >= 11 is 0. The van der Waals surface area contributed by atoms with Crippen LogP contribution in [-0.4, -0.2) is 16.6 Å². The number of aromatic nitrogens is 2. The van der Waals surface area contributed by atoms with Crippen LogP contribution in [0.4, 0.5) is 0 Å². The van der Waals surface area contributed by atoms with E-state index in [0.29, 0.717) is 18.1 Å². The molecule has 4 heteroatoms. The fourth-order valence-electron chi connectivity index (χ4n) is 1.90. The Morgan fingerprint density at radius 3 is 2.43 bits per heavy atom. The number of hydrogen-bond acceptors (Lipinski definition) is 3. The van der Waals surface area contributed by atoms with Gasteiger partial charge in [-0.05, 0) is 30.7 Å². The van der Waals surface area contributed by atoms with Gasteiger partial charge in [0, 0.05) is 17.0 Å². The summed E-state index contributed by atoms with van der Waals surface area (Å²) < 4.78 is 5.56. The lowest BCUT2D eigenvalue weighted by Crippen LogP contribution is -2.21. The Bertz CT molecular complexity index is 652. The van der Waals surface area contributed by atoms with Crippen molar-refractivity contribution in [3.05, 3.63) is 46.5 Å². The zero-order valence-electron chi connectivity index (χ0n) is 13.1. The lowest BCUT2D eigenvalue weighted by molar-refractivity contribution is 0.317. The van der Waals surface area contributed by atoms with Gasteiger partial charge in [0.05, 0.1) is 12.3 Å². The molecule has 0 spiro atoms. The third-order valence-electron chi connectivity index (χ3n) is 3.08. The molecule has 112 valence electrons. The van der Waals surface area contributed by atoms with E-state index in [9.17, 15) is 4.79 Å². The number of aromatic amines is 1. The van der Waals surface area contributed by atoms with Gasteiger partial charge in [-0.15, -0.1) is 0 Å². The Hall–Kier alpha value is -2.10. The third kappa shape index (κ3) is 3.94. The molecule has 2 rings (SSSR count). The molecule has 21 heavy (non-hydrogen) atoms. The first-order valence-corrected chi connectivity index (χ1v) is 7.25. The van der Waals surface area contributed by atoms with Crippen molar-refractivity contribution in [3.8, 4) is 17.0 Å². The van der Waals surface area contributed by atoms with Gasteiger partial charge in [-0.25, -0.2) is 4.98 Å². The number of rotatable bonds is 4. The summed E-state index contributed by atoms with van der Waals surface area (Å²) in [5.41, 5.74) is 1.27. The van der Waals surface area contributed by atoms with E-state index in [0.717, 1.165) is 17.7 Å². The highest BCUT2D eigenvalue weighted by Crippen LogP contribution is 2.23. The van der Waals surface area contributed by atoms with Gasteiger partial charge in [0.2, 0.25) is 0 Å². The van der Waals surface area contributed by atoms with Crippen molar-refractivity contribution < 1.29 is 4.74 Å². The average Bonchev–Trinajstić information content (AvgIpc) is 2.44. The number of nitrogens with zero attached hydrogens (tertiary/aromatic N) is 1. The number of hydrogen-bond donors (Lipinski definition) is 1. The standard InChI is InChI=1S/C17H22N2O2/c1-5-10-21-13-8-6-12(7-9-13)14-11-15(20)19-16(18-14)17(2,3)4/h6-9,11H,5,10H2,1-4H3,(H,18,19,20). The second kappa shape index (κ2) is 6.12. The van der Waals surface area contributed by atoms with Gasteiger partial charge < -0.3 is 9.72 Å². The lowest BCUT2D eigenvalue weighted by atomic mass is 9.95. The number of benzene rings is 1. The molecule has 0 unspecified atom stereocenters. The molecule has 1 heterocycles. The minimum atomic E-state index is -0.195. The van der Waals surface area contributed by atoms with Crippen LogP contribution in [0.1, 0.15) is 39.9 Å². The van der Waals surface area contributed by atoms with Gasteiger partial charge in [-0.3, -0.25) is 4.79 Å². The van der Waals surface area contributed by atoms with Crippen molar-refractivity contribution in [3.63, 3.8) is 0 Å². The summed E-state index contributed by atoms with van der Waals surface area (Å²) in [5.74, 6) is 1.53. The van der Waals surface area contributed by atoms with Crippen LogP contribution in [0, 0.1) is 0 Å². The Labute approximate surface area is 125 Å². The van der Waals surface area contributed by atoms with Crippen LogP contribution in [0.2, 0.25) is 0 Å². The van der Waals surface area contributed by atoms with Gasteiger partial charge in [-0.1, -0.05) is 27.7 Å². The Morgan fingerprint density at radius 1 is 1.19 bits per heavy atom. The summed E-state index contributed by atoms with van der Waals surface area (Å²) in [7, 11) is 0. The molecule has 0 bridgehead atoms. The first kappa shape index (κ1) is 15.3. The molecule has 4 nitrogen and oxygen atoms in total. The van der Waals surface area contributed by atoms with Crippen LogP contribution in [0.25, 0.3) is 11.3 Å². The first-order chi connectivity index (χ1) is 9.90. The molecule has 1 aromatic heterocycles. The highest BCUT2D eigenvalue weighted by Gasteiger charge is 2.17. The average molecular weight is 286 g/mol. The van der Waals surface area contributed by atoms with E-state index < -0.39 is 0 Å². The predicted octanol–water partition coefficient (Wildman–Crippen LogP) is 3.52. The van der Waals surface area contributed by atoms with Gasteiger partial charge in [0.25, 0.3) is 5.56 Å². The van der Waals surface area contributed by atoms with Crippen molar-refractivity contribution in [1.29, 1.82) is 0 Å². The molecule has 1 N–H and O–H groups in total. The summed E-state index contributed by atoms with van der Waals surface area (Å²) in [6, 6.07) is 9.20. The largest absolute Gasteiger partial charge is 0.494 e. The topological polar surface area (TPSA) is 55.0 Å². The van der Waals surface area contributed by atoms with Crippen molar-refractivity contribution in [1.82, 2.24) is 9.97 Å². The van der Waals surface area contributed by atoms with Crippen molar-refractivity contribution in [2.45, 2.75) is 39.5 Å². The molecule has 0 saturated carbocycles. The number of nitrogens with one attached hydrogen (secondary N) is 1. The second-order valence-corrected chi connectivity index (χ2v) is 6.10. The quantitative estimate of drug-likeness (QED) is 0.935. The van der Waals surface area contributed by atoms with E-state index in [1.807, 2.05) is 45.0 Å². The van der Waals surface area contributed by atoms with Crippen LogP contribution in [0.5, 0.6) is 5.75 Å². The molecular weight excluding hydrogens is 264 g/mol. The van der Waals surface area contributed by atoms with Gasteiger partial charge in [-0.2, -0.15) is 0 Å². The smallest absolute Gasteiger partial charge is 0.251 e. The molecule has 0 aliphatic carbocycles. The summed E-state index contributed by atoms with van der Waals surface area (Å²) in [5, 5.41) is 0. The Kier molecular flexibility index (Phi) is 4.46. The van der Waals surface area contributed by atoms with Crippen LogP contribution in [0.15, 0.2) is 35.1 Å². The maximum atomic E-state index is 11.8. The minimum Gasteiger partial charge on any atom is -0.494 e. The molecule has 0 atom stereocenters. The summed E-state index contributed by atoms with van der Waals surface area (Å²) in [4.78, 5) is 19.2. The second-order valence-electron chi connectivity index (χ2n) is 6.10. The SMILES string of the molecule is CCCOc1ccc(-c2cc(=O)[nH]c(C(C)(C)C)n2)cc1. The van der Waals surface area contributed by atoms with Crippen molar-refractivity contribution in [2.24, 2.45) is 0 Å². The van der Waals surface area contributed by atoms with E-state index in [2.05, 4.69) is 16.9 Å². The molecule has 0 aliphatic rings. The number of ether oxygens (including phenoxy) is 1. The maximum Gasteiger partial charge on any atom is 0.251 e. The van der Waals surface area contributed by atoms with E-state index in [1.165, 1.54) is 6.07 Å². The molecule has 0 aliphatic heterocycles. The molecular formula is C17H22N2O2. The molecule has 0 saturated heterocycles. The minimum absolute atomic E-state index is 0.128. The molecule has 0 amide bonds. The fourth-order valence-corrected chi connectivity index (χ4v) is 1.90. The Morgan fingerprint density at radius 2 is 1.86 bits per heavy atom. The van der Waals surface area contributed by atoms with E-state index in [4.69, 9.17) is 4.74 Å². The van der Waals surface area contributed by atoms with Crippen LogP contribution in [0.3, 0.4) is 0 Å². The lowest BCUT2D eigenvalue weighted by Gasteiger charge is -2.17. The summed E-state index contributed by atoms with van der Waals surface area (Å²) in [6.45, 7) is 8.85. The predicted molar refractivity (Wildman–Crippen MR) is 84.8 cm³/mol. The molecule has 2 aromatic rings. The van der Waals surface area contributed by atoms with Crippen molar-refractivity contribution in [2.75, 3.05) is 6.61 Å². The van der Waals surface area contributed by atoms with Gasteiger partial charge in [0.1, 0.15) is 11.6 Å². The molecule has 0 radical (unpaired) electrons. The van der Waals surface area contributed by atoms with Crippen LogP contribution >= 0.6 is 0 Å². The number of H-pyrrole nitrogens is 1. The van der Waals surface area contributed by atoms with Gasteiger partial charge >= 0.3 is 0 Å². The zero-order valence-corrected chi connectivity index (χ0v) is 13.1. The first-order valence-electron chi connectivity index (χ1n) is 7.25. The maximum absolute atomic E-state index is 11.8. The highest BCUT2D eigenvalue weighted by molar-refractivity contribution is 5.59. The van der Waals surface area contributed by atoms with E-state index >= 15 is 0 Å². The Balaban J connectivity index is 2.33. The summed E-state index contributed by atoms with van der Waals surface area (Å²) in [6.07, 6.45) is 0.978. The van der Waals surface area contributed by atoms with Crippen molar-refractivity contribution >= 4 is 0 Å². The van der Waals surface area contributed by atoms with Crippen LogP contribution in [-0.2, 0) is 5.41 Å². The van der Waals surface area contributed by atoms with E-state index in [1.54, 1.807) is 0 Å². The normalized spacial score (nSPS) is 11.4. The highest BCUT2D eigenvalue weighted by atomic mass is 16.5. The molecule has 0 fully saturated rings. The monoisotopic (exact) mass is 286 g/mol. The van der Waals surface area contributed by atoms with Crippen LogP contribution < -0.4 is 10.3 Å². The van der Waals surface area contributed by atoms with Gasteiger partial charge in [0.15, 0.2) is 0 Å².